The van der Waals surface area contributed by atoms with Gasteiger partial charge in [0, 0.05) is 5.38 Å². The summed E-state index contributed by atoms with van der Waals surface area (Å²) >= 11 is 6.99. The largest absolute Gasteiger partial charge is 0.342 e. The zero-order valence-corrected chi connectivity index (χ0v) is 11.1. The fourth-order valence-electron chi connectivity index (χ4n) is 1.36. The van der Waals surface area contributed by atoms with E-state index in [1.165, 1.54) is 18.3 Å². The topological polar surface area (TPSA) is 72.2 Å². The average molecular weight is 275 g/mol. The number of nitrogens with two attached hydrogens (primary N) is 1. The number of amides is 1. The molecule has 1 unspecified atom stereocenters. The average Bonchev–Trinajstić information content (AvgIpc) is 2.70. The zero-order chi connectivity index (χ0) is 12.8. The second kappa shape index (κ2) is 6.74. The van der Waals surface area contributed by atoms with Crippen LogP contribution in [0.25, 0.3) is 0 Å². The minimum Gasteiger partial charge on any atom is -0.342 e. The Morgan fingerprint density at radius 1 is 1.59 bits per heavy atom. The maximum atomic E-state index is 11.8. The predicted octanol–water partition coefficient (Wildman–Crippen LogP) is 1.83. The third-order valence-corrected chi connectivity index (χ3v) is 3.56. The Bertz CT molecular complexity index is 406. The van der Waals surface area contributed by atoms with E-state index in [1.807, 2.05) is 0 Å². The summed E-state index contributed by atoms with van der Waals surface area (Å²) in [5, 5.41) is 4.90. The number of nitrogens with one attached hydrogen (secondary N) is 1. The van der Waals surface area contributed by atoms with Crippen molar-refractivity contribution >= 4 is 34.6 Å². The molecule has 0 saturated carbocycles. The second-order valence-electron chi connectivity index (χ2n) is 3.70. The standard InChI is InChI=1S/C11H15ClN2O2S/c1-7(15)9(3-2-4-13)14-11(16)10-5-8(12)6-17-10/h5-6,9H,2-4,13H2,1H3,(H,14,16). The van der Waals surface area contributed by atoms with Gasteiger partial charge in [-0.3, -0.25) is 9.59 Å². The van der Waals surface area contributed by atoms with E-state index >= 15 is 0 Å². The van der Waals surface area contributed by atoms with Gasteiger partial charge in [0.15, 0.2) is 5.78 Å². The van der Waals surface area contributed by atoms with E-state index in [-0.39, 0.29) is 11.7 Å². The lowest BCUT2D eigenvalue weighted by Gasteiger charge is -2.14. The fraction of sp³-hybridized carbons (Fsp3) is 0.455. The molecule has 17 heavy (non-hydrogen) atoms. The molecule has 0 bridgehead atoms. The quantitative estimate of drug-likeness (QED) is 0.831. The van der Waals surface area contributed by atoms with E-state index in [2.05, 4.69) is 5.32 Å². The number of hydrogen-bond acceptors (Lipinski definition) is 4. The van der Waals surface area contributed by atoms with E-state index < -0.39 is 6.04 Å². The highest BCUT2D eigenvalue weighted by molar-refractivity contribution is 7.12. The van der Waals surface area contributed by atoms with Gasteiger partial charge in [0.05, 0.1) is 15.9 Å². The minimum atomic E-state index is -0.466. The van der Waals surface area contributed by atoms with Crippen molar-refractivity contribution in [3.8, 4) is 0 Å². The molecule has 6 heteroatoms. The summed E-state index contributed by atoms with van der Waals surface area (Å²) in [4.78, 5) is 23.6. The first-order valence-electron chi connectivity index (χ1n) is 5.30. The molecule has 1 atom stereocenters. The molecule has 0 aromatic carbocycles. The molecule has 0 aliphatic rings. The molecular weight excluding hydrogens is 260 g/mol. The lowest BCUT2D eigenvalue weighted by atomic mass is 10.1. The highest BCUT2D eigenvalue weighted by atomic mass is 35.5. The summed E-state index contributed by atoms with van der Waals surface area (Å²) in [5.41, 5.74) is 5.38. The monoisotopic (exact) mass is 274 g/mol. The Kier molecular flexibility index (Phi) is 5.61. The van der Waals surface area contributed by atoms with Crippen LogP contribution in [0.4, 0.5) is 0 Å². The van der Waals surface area contributed by atoms with Gasteiger partial charge >= 0.3 is 0 Å². The van der Waals surface area contributed by atoms with E-state index in [4.69, 9.17) is 17.3 Å². The van der Waals surface area contributed by atoms with Crippen molar-refractivity contribution < 1.29 is 9.59 Å². The smallest absolute Gasteiger partial charge is 0.261 e. The van der Waals surface area contributed by atoms with Gasteiger partial charge in [0.2, 0.25) is 0 Å². The molecular formula is C11H15ClN2O2S. The first-order chi connectivity index (χ1) is 8.04. The number of ketones is 1. The molecule has 3 N–H and O–H groups in total. The van der Waals surface area contributed by atoms with Gasteiger partial charge in [-0.1, -0.05) is 11.6 Å². The van der Waals surface area contributed by atoms with Crippen LogP contribution in [0.2, 0.25) is 5.02 Å². The van der Waals surface area contributed by atoms with Crippen molar-refractivity contribution in [1.29, 1.82) is 0 Å². The van der Waals surface area contributed by atoms with Gasteiger partial charge in [0.1, 0.15) is 0 Å². The summed E-state index contributed by atoms with van der Waals surface area (Å²) in [5.74, 6) is -0.325. The second-order valence-corrected chi connectivity index (χ2v) is 5.04. The number of halogens is 1. The maximum Gasteiger partial charge on any atom is 0.261 e. The van der Waals surface area contributed by atoms with E-state index in [9.17, 15) is 9.59 Å². The third kappa shape index (κ3) is 4.46. The van der Waals surface area contributed by atoms with Crippen LogP contribution in [0.5, 0.6) is 0 Å². The van der Waals surface area contributed by atoms with Crippen molar-refractivity contribution in [3.63, 3.8) is 0 Å². The molecule has 0 spiro atoms. The predicted molar refractivity (Wildman–Crippen MR) is 69.6 cm³/mol. The van der Waals surface area contributed by atoms with Crippen molar-refractivity contribution in [2.45, 2.75) is 25.8 Å². The fourth-order valence-corrected chi connectivity index (χ4v) is 2.34. The highest BCUT2D eigenvalue weighted by Gasteiger charge is 2.18. The van der Waals surface area contributed by atoms with Crippen LogP contribution in [0.15, 0.2) is 11.4 Å². The molecule has 1 aromatic heterocycles. The normalized spacial score (nSPS) is 12.2. The van der Waals surface area contributed by atoms with Gasteiger partial charge in [-0.05, 0) is 32.4 Å². The molecule has 94 valence electrons. The molecule has 1 aromatic rings. The Labute approximate surface area is 109 Å². The Hall–Kier alpha value is -0.910. The van der Waals surface area contributed by atoms with Gasteiger partial charge in [-0.25, -0.2) is 0 Å². The molecule has 1 rings (SSSR count). The van der Waals surface area contributed by atoms with Crippen LogP contribution < -0.4 is 11.1 Å². The maximum absolute atomic E-state index is 11.8. The first kappa shape index (κ1) is 14.2. The third-order valence-electron chi connectivity index (χ3n) is 2.28. The van der Waals surface area contributed by atoms with Crippen LogP contribution in [0.1, 0.15) is 29.4 Å². The van der Waals surface area contributed by atoms with E-state index in [1.54, 1.807) is 11.4 Å². The van der Waals surface area contributed by atoms with Gasteiger partial charge in [0.25, 0.3) is 5.91 Å². The van der Waals surface area contributed by atoms with Crippen molar-refractivity contribution in [2.75, 3.05) is 6.54 Å². The summed E-state index contributed by atoms with van der Waals surface area (Å²) < 4.78 is 0. The Morgan fingerprint density at radius 3 is 2.76 bits per heavy atom. The zero-order valence-electron chi connectivity index (χ0n) is 9.53. The molecule has 1 heterocycles. The van der Waals surface area contributed by atoms with Crippen molar-refractivity contribution in [1.82, 2.24) is 5.32 Å². The Balaban J connectivity index is 2.60. The van der Waals surface area contributed by atoms with Gasteiger partial charge in [-0.2, -0.15) is 0 Å². The number of carbonyl (C=O) groups is 2. The SMILES string of the molecule is CC(=O)C(CCCN)NC(=O)c1cc(Cl)cs1. The van der Waals surface area contributed by atoms with Crippen molar-refractivity contribution in [3.05, 3.63) is 21.3 Å². The molecule has 0 saturated heterocycles. The van der Waals surface area contributed by atoms with Gasteiger partial charge in [-0.15, -0.1) is 11.3 Å². The van der Waals surface area contributed by atoms with Crippen LogP contribution in [-0.4, -0.2) is 24.3 Å². The summed E-state index contributed by atoms with van der Waals surface area (Å²) in [6.07, 6.45) is 1.27. The minimum absolute atomic E-state index is 0.0607. The van der Waals surface area contributed by atoms with Crippen LogP contribution in [-0.2, 0) is 4.79 Å². The van der Waals surface area contributed by atoms with E-state index in [0.717, 1.165) is 0 Å². The lowest BCUT2D eigenvalue weighted by molar-refractivity contribution is -0.118. The summed E-state index contributed by atoms with van der Waals surface area (Å²) in [6.45, 7) is 1.97. The number of thiophene rings is 1. The molecule has 0 aliphatic heterocycles. The molecule has 0 fully saturated rings. The number of carbonyl (C=O) groups excluding carboxylic acids is 2. The van der Waals surface area contributed by atoms with Crippen molar-refractivity contribution in [2.24, 2.45) is 5.73 Å². The van der Waals surface area contributed by atoms with Gasteiger partial charge < -0.3 is 11.1 Å². The summed E-state index contributed by atoms with van der Waals surface area (Å²) in [6, 6.07) is 1.12. The lowest BCUT2D eigenvalue weighted by Crippen LogP contribution is -2.39. The molecule has 1 amide bonds. The summed E-state index contributed by atoms with van der Waals surface area (Å²) in [7, 11) is 0. The molecule has 0 radical (unpaired) electrons. The van der Waals surface area contributed by atoms with E-state index in [0.29, 0.717) is 29.3 Å². The Morgan fingerprint density at radius 2 is 2.29 bits per heavy atom. The molecule has 4 nitrogen and oxygen atoms in total. The highest BCUT2D eigenvalue weighted by Crippen LogP contribution is 2.19. The molecule has 0 aliphatic carbocycles. The number of hydrogen-bond donors (Lipinski definition) is 2. The number of rotatable bonds is 6. The first-order valence-corrected chi connectivity index (χ1v) is 6.55. The van der Waals surface area contributed by atoms with Crippen LogP contribution in [0, 0.1) is 0 Å². The van der Waals surface area contributed by atoms with Crippen LogP contribution >= 0.6 is 22.9 Å². The van der Waals surface area contributed by atoms with Crippen LogP contribution in [0.3, 0.4) is 0 Å². The number of Topliss-reactive ketones (excluding diaryl/α,β-unsaturated/α-hetero) is 1.